The molecule has 1 N–H and O–H groups in total. The lowest BCUT2D eigenvalue weighted by atomic mass is 9.85. The van der Waals surface area contributed by atoms with Crippen molar-refractivity contribution in [2.45, 2.75) is 84.5 Å². The molecule has 1 aliphatic heterocycles. The summed E-state index contributed by atoms with van der Waals surface area (Å²) in [4.78, 5) is 0. The number of benzene rings is 1. The van der Waals surface area contributed by atoms with E-state index in [-0.39, 0.29) is 11.7 Å². The van der Waals surface area contributed by atoms with E-state index in [0.717, 1.165) is 31.7 Å². The van der Waals surface area contributed by atoms with Gasteiger partial charge in [0.25, 0.3) is 0 Å². The molecule has 1 aromatic rings. The molecule has 0 radical (unpaired) electrons. The molecular weight excluding hydrogens is 310 g/mol. The lowest BCUT2D eigenvalue weighted by Crippen LogP contribution is -2.44. The first-order valence-electron chi connectivity index (χ1n) is 9.91. The van der Waals surface area contributed by atoms with E-state index in [1.807, 2.05) is 0 Å². The van der Waals surface area contributed by atoms with Crippen LogP contribution in [0.25, 0.3) is 0 Å². The maximum atomic E-state index is 5.82. The Hall–Kier alpha value is -1.06. The molecule has 25 heavy (non-hydrogen) atoms. The molecule has 2 unspecified atom stereocenters. The lowest BCUT2D eigenvalue weighted by molar-refractivity contribution is -0.0628. The highest BCUT2D eigenvalue weighted by Crippen LogP contribution is 2.30. The Kier molecular flexibility index (Phi) is 7.33. The Balaban J connectivity index is 1.88. The molecule has 0 bridgehead atoms. The predicted octanol–water partition coefficient (Wildman–Crippen LogP) is 5.15. The minimum Gasteiger partial charge on any atom is -0.491 e. The predicted molar refractivity (Wildman–Crippen MR) is 105 cm³/mol. The summed E-state index contributed by atoms with van der Waals surface area (Å²) in [5, 5.41) is 3.77. The minimum atomic E-state index is 0.0135. The van der Waals surface area contributed by atoms with Crippen molar-refractivity contribution in [3.63, 3.8) is 0 Å². The normalized spacial score (nSPS) is 21.5. The van der Waals surface area contributed by atoms with Crippen LogP contribution < -0.4 is 10.1 Å². The molecule has 1 aliphatic rings. The largest absolute Gasteiger partial charge is 0.491 e. The molecule has 142 valence electrons. The maximum absolute atomic E-state index is 5.82. The molecule has 1 saturated heterocycles. The minimum absolute atomic E-state index is 0.0135. The quantitative estimate of drug-likeness (QED) is 0.705. The van der Waals surface area contributed by atoms with Gasteiger partial charge in [-0.15, -0.1) is 0 Å². The molecule has 1 fully saturated rings. The number of hydrogen-bond acceptors (Lipinski definition) is 3. The van der Waals surface area contributed by atoms with E-state index in [2.05, 4.69) is 71.1 Å². The van der Waals surface area contributed by atoms with E-state index in [1.165, 1.54) is 12.0 Å². The fraction of sp³-hybridized carbons (Fsp3) is 0.727. The van der Waals surface area contributed by atoms with Gasteiger partial charge in [0.1, 0.15) is 5.75 Å². The molecule has 2 atom stereocenters. The van der Waals surface area contributed by atoms with Crippen molar-refractivity contribution in [3.05, 3.63) is 29.8 Å². The average Bonchev–Trinajstić information content (AvgIpc) is 2.51. The van der Waals surface area contributed by atoms with Crippen LogP contribution in [-0.2, 0) is 4.74 Å². The van der Waals surface area contributed by atoms with Crippen molar-refractivity contribution in [1.82, 2.24) is 5.32 Å². The van der Waals surface area contributed by atoms with Gasteiger partial charge in [0, 0.05) is 12.6 Å². The smallest absolute Gasteiger partial charge is 0.119 e. The fourth-order valence-electron chi connectivity index (χ4n) is 3.80. The van der Waals surface area contributed by atoms with E-state index in [0.29, 0.717) is 17.9 Å². The molecule has 0 aromatic heterocycles. The zero-order valence-corrected chi connectivity index (χ0v) is 17.0. The molecule has 0 aliphatic carbocycles. The van der Waals surface area contributed by atoms with Crippen LogP contribution in [0, 0.1) is 5.92 Å². The highest BCUT2D eigenvalue weighted by atomic mass is 16.5. The highest BCUT2D eigenvalue weighted by molar-refractivity contribution is 5.30. The summed E-state index contributed by atoms with van der Waals surface area (Å²) in [5.74, 6) is 2.17. The monoisotopic (exact) mass is 347 g/mol. The first kappa shape index (κ1) is 20.3. The molecule has 2 rings (SSSR count). The molecule has 1 aromatic carbocycles. The first-order valence-corrected chi connectivity index (χ1v) is 9.91. The van der Waals surface area contributed by atoms with E-state index >= 15 is 0 Å². The summed E-state index contributed by atoms with van der Waals surface area (Å²) in [7, 11) is 0. The van der Waals surface area contributed by atoms with Crippen molar-refractivity contribution in [2.24, 2.45) is 5.92 Å². The van der Waals surface area contributed by atoms with Gasteiger partial charge in [-0.05, 0) is 83.0 Å². The van der Waals surface area contributed by atoms with Crippen molar-refractivity contribution >= 4 is 0 Å². The van der Waals surface area contributed by atoms with E-state index in [1.54, 1.807) is 0 Å². The number of hydrogen-bond donors (Lipinski definition) is 1. The summed E-state index contributed by atoms with van der Waals surface area (Å²) >= 11 is 0. The zero-order chi connectivity index (χ0) is 18.4. The van der Waals surface area contributed by atoms with Crippen LogP contribution in [0.3, 0.4) is 0 Å². The summed E-state index contributed by atoms with van der Waals surface area (Å²) in [5.41, 5.74) is 1.43. The van der Waals surface area contributed by atoms with E-state index in [4.69, 9.17) is 9.47 Å². The van der Waals surface area contributed by atoms with Gasteiger partial charge < -0.3 is 14.8 Å². The summed E-state index contributed by atoms with van der Waals surface area (Å²) in [6.07, 6.45) is 3.61. The second-order valence-electron chi connectivity index (χ2n) is 8.63. The standard InChI is InChI=1S/C22H37NO2/c1-16(2)21(18-7-9-20(10-8-18)25-17(3)4)11-13-23-19-12-14-24-22(5,6)15-19/h7-10,16-17,19,21,23H,11-15H2,1-6H3. The van der Waals surface area contributed by atoms with Crippen molar-refractivity contribution in [1.29, 1.82) is 0 Å². The third kappa shape index (κ3) is 6.63. The number of rotatable bonds is 8. The van der Waals surface area contributed by atoms with Crippen molar-refractivity contribution in [2.75, 3.05) is 13.2 Å². The lowest BCUT2D eigenvalue weighted by Gasteiger charge is -2.36. The maximum Gasteiger partial charge on any atom is 0.119 e. The Morgan fingerprint density at radius 3 is 2.40 bits per heavy atom. The van der Waals surface area contributed by atoms with Gasteiger partial charge >= 0.3 is 0 Å². The average molecular weight is 348 g/mol. The van der Waals surface area contributed by atoms with Gasteiger partial charge in [-0.3, -0.25) is 0 Å². The van der Waals surface area contributed by atoms with Gasteiger partial charge in [-0.25, -0.2) is 0 Å². The Morgan fingerprint density at radius 2 is 1.84 bits per heavy atom. The summed E-state index contributed by atoms with van der Waals surface area (Å²) in [6, 6.07) is 9.27. The van der Waals surface area contributed by atoms with Crippen molar-refractivity contribution < 1.29 is 9.47 Å². The van der Waals surface area contributed by atoms with Crippen LogP contribution in [0.4, 0.5) is 0 Å². The van der Waals surface area contributed by atoms with Gasteiger partial charge in [-0.2, -0.15) is 0 Å². The van der Waals surface area contributed by atoms with Gasteiger partial charge in [0.15, 0.2) is 0 Å². The Bertz CT molecular complexity index is 507. The van der Waals surface area contributed by atoms with Gasteiger partial charge in [-0.1, -0.05) is 26.0 Å². The van der Waals surface area contributed by atoms with Gasteiger partial charge in [0.05, 0.1) is 11.7 Å². The molecule has 0 amide bonds. The van der Waals surface area contributed by atoms with Crippen LogP contribution in [0.1, 0.15) is 72.3 Å². The van der Waals surface area contributed by atoms with Crippen LogP contribution in [0.5, 0.6) is 5.75 Å². The van der Waals surface area contributed by atoms with Crippen LogP contribution in [0.15, 0.2) is 24.3 Å². The van der Waals surface area contributed by atoms with Crippen molar-refractivity contribution in [3.8, 4) is 5.75 Å². The molecule has 0 saturated carbocycles. The third-order valence-corrected chi connectivity index (χ3v) is 5.07. The number of ether oxygens (including phenoxy) is 2. The highest BCUT2D eigenvalue weighted by Gasteiger charge is 2.28. The van der Waals surface area contributed by atoms with Gasteiger partial charge in [0.2, 0.25) is 0 Å². The van der Waals surface area contributed by atoms with E-state index in [9.17, 15) is 0 Å². The molecule has 1 heterocycles. The van der Waals surface area contributed by atoms with Crippen LogP contribution in [0.2, 0.25) is 0 Å². The Labute approximate surface area is 154 Å². The summed E-state index contributed by atoms with van der Waals surface area (Å²) in [6.45, 7) is 15.1. The molecule has 3 heteroatoms. The Morgan fingerprint density at radius 1 is 1.16 bits per heavy atom. The second-order valence-corrected chi connectivity index (χ2v) is 8.63. The zero-order valence-electron chi connectivity index (χ0n) is 17.0. The number of nitrogens with one attached hydrogen (secondary N) is 1. The fourth-order valence-corrected chi connectivity index (χ4v) is 3.80. The summed E-state index contributed by atoms with van der Waals surface area (Å²) < 4.78 is 11.6. The molecule has 3 nitrogen and oxygen atoms in total. The van der Waals surface area contributed by atoms with E-state index < -0.39 is 0 Å². The third-order valence-electron chi connectivity index (χ3n) is 5.07. The van der Waals surface area contributed by atoms with Crippen LogP contribution in [-0.4, -0.2) is 30.9 Å². The first-order chi connectivity index (χ1) is 11.8. The van der Waals surface area contributed by atoms with Crippen LogP contribution >= 0.6 is 0 Å². The second kappa shape index (κ2) is 9.05. The molecule has 0 spiro atoms. The molecular formula is C22H37NO2. The SMILES string of the molecule is CC(C)Oc1ccc(C(CCNC2CCOC(C)(C)C2)C(C)C)cc1. The topological polar surface area (TPSA) is 30.5 Å².